The SMILES string of the molecule is CC(C)(C)OC(=O)N1CC(F)(F)C[C@H]1C(=O)O.CO.COC(=O)[C@@H]1CC(F)(F)CN1c1ccc([N+](=O)[O-])c(C(F)(F)F)c1.CS(=O)(=O)Cl.CS(=O)(=O)OC[C@@H]1CC(F)(F)CN1c1ccc([N+](=O)[O-])c(C(F)(F)F)c1.O=C(O)[C@@H]1CC(F)(F)CN1.O=C(O)[C@@H]1CC(F)(F)CN1c1ccc([N+](=O)[O-])c(C(F)(F)F)c1.O=S(Cl)Cl.O=[N+]([O-])c1ccc(F)cc1C(F)(F)F.O=[N+]([O-])c1ccc(N2CC(F)(F)C[C@H]2CO)cc1C(F)(F)F. The molecule has 5 aromatic rings. The Morgan fingerprint density at radius 1 is 0.449 bits per heavy atom. The van der Waals surface area contributed by atoms with Gasteiger partial charge >= 0.3 is 60.9 Å². The monoisotopic (exact) mass is 2300 g/mol. The number of hydrogen-bond acceptors (Lipinski definition) is 30. The zero-order valence-electron chi connectivity index (χ0n) is 74.6. The van der Waals surface area contributed by atoms with Crippen LogP contribution in [0.3, 0.4) is 0 Å². The van der Waals surface area contributed by atoms with Crippen molar-refractivity contribution in [3.63, 3.8) is 0 Å². The first kappa shape index (κ1) is 131. The molecule has 6 N–H and O–H groups in total. The van der Waals surface area contributed by atoms with Crippen LogP contribution in [0.15, 0.2) is 91.0 Å². The van der Waals surface area contributed by atoms with E-state index in [4.69, 9.17) is 34.5 Å². The molecular weight excluding hydrogens is 2230 g/mol. The number of nitrogens with one attached hydrogen (secondary N) is 1. The zero-order chi connectivity index (χ0) is 115. The van der Waals surface area contributed by atoms with E-state index in [1.807, 2.05) is 0 Å². The summed E-state index contributed by atoms with van der Waals surface area (Å²) in [6, 6.07) is 0.566. The molecule has 0 radical (unpaired) electrons. The van der Waals surface area contributed by atoms with E-state index in [1.54, 1.807) is 20.8 Å². The van der Waals surface area contributed by atoms with Gasteiger partial charge in [0, 0.05) is 131 Å². The van der Waals surface area contributed by atoms with Gasteiger partial charge < -0.3 is 54.6 Å². The molecule has 73 heteroatoms. The lowest BCUT2D eigenvalue weighted by atomic mass is 10.1. The Morgan fingerprint density at radius 3 is 0.993 bits per heavy atom. The van der Waals surface area contributed by atoms with Crippen LogP contribution >= 0.6 is 32.0 Å². The molecule has 0 spiro atoms. The van der Waals surface area contributed by atoms with E-state index in [0.29, 0.717) is 76.7 Å². The summed E-state index contributed by atoms with van der Waals surface area (Å²) in [5.74, 6) is -25.6. The Balaban J connectivity index is 0.000000577. The van der Waals surface area contributed by atoms with E-state index < -0.39 is 350 Å². The number of esters is 1. The third-order valence-electron chi connectivity index (χ3n) is 19.0. The first-order chi connectivity index (χ1) is 66.2. The summed E-state index contributed by atoms with van der Waals surface area (Å²) in [7, 11) is 6.69. The van der Waals surface area contributed by atoms with Gasteiger partial charge in [0.1, 0.15) is 63.4 Å². The van der Waals surface area contributed by atoms with Crippen LogP contribution in [0.25, 0.3) is 0 Å². The molecule has 6 aliphatic heterocycles. The van der Waals surface area contributed by atoms with Crippen LogP contribution in [0.2, 0.25) is 0 Å². The lowest BCUT2D eigenvalue weighted by Crippen LogP contribution is -2.43. The summed E-state index contributed by atoms with van der Waals surface area (Å²) >= 11 is 0. The van der Waals surface area contributed by atoms with Crippen molar-refractivity contribution in [1.82, 2.24) is 10.2 Å². The standard InChI is InChI=1S/C13H13F5N2O5S.C13H11F5N2O4.C12H9F5N2O4.C12H11F5N2O3.C10H15F2NO4.C7H3F4NO2.C5H7F2NO2.CH3ClO2S.CH4O.Cl2OS/c1-26(23,24)25-6-9-5-12(14,15)7-19(9)8-2-3-11(20(21)22)10(4-8)13(16,17)18;1-24-11(21)10-5-12(14,15)6-19(10)7-2-3-9(20(22)23)8(4-7)13(16,17)18;13-11(14)4-9(10(20)21)18(5-11)6-1-2-8(19(22)23)7(3-6)12(15,16)17;13-11(14)4-8(5-20)18(6-11)7-1-2-10(19(21)22)9(3-7)12(15,16)17;1-9(2,3)17-8(16)13-5-10(11,12)4-6(13)7(14)15;8-4-1-2-6(12(13)14)5(3-4)7(9,10)11;6-5(7)1-3(4(9)10)8-2-5;1-5(2,3)4;1-2;1-4(2)3/h2-4,9H,5-7H2,1H3;2-4,10H,5-6H2,1H3;1-3,9H,4-5H2,(H,20,21);1-3,8,20H,4-6H2;6H,4-5H2,1-3H3,(H,14,15);1-3H;3,8H,1-2H2,(H,9,10);1H3;2H,1H3;/t9-;10-;9-;8-;6-;;3-;;;/m00000.0.../s1. The van der Waals surface area contributed by atoms with Crippen molar-refractivity contribution >= 4 is 142 Å². The number of carbonyl (C=O) groups is 5. The number of carboxylic acids is 3. The number of likely N-dealkylation sites (tertiary alicyclic amines) is 1. The molecule has 39 nitrogen and oxygen atoms in total. The van der Waals surface area contributed by atoms with E-state index in [2.05, 4.69) is 46.3 Å². The maximum Gasteiger partial charge on any atom is 0.423 e. The van der Waals surface area contributed by atoms with E-state index >= 15 is 0 Å². The Labute approximate surface area is 821 Å². The second-order valence-corrected chi connectivity index (χ2v) is 38.8. The minimum atomic E-state index is -5.08. The maximum absolute atomic E-state index is 13.7. The fourth-order valence-electron chi connectivity index (χ4n) is 13.3. The molecule has 6 aliphatic rings. The smallest absolute Gasteiger partial charge is 0.423 e. The van der Waals surface area contributed by atoms with Gasteiger partial charge in [-0.15, -0.1) is 0 Å². The van der Waals surface area contributed by atoms with Gasteiger partial charge in [0.15, 0.2) is 0 Å². The Morgan fingerprint density at radius 2 is 0.721 bits per heavy atom. The van der Waals surface area contributed by atoms with Crippen molar-refractivity contribution < 1.29 is 232 Å². The molecule has 0 aliphatic carbocycles. The third-order valence-corrected chi connectivity index (χ3v) is 19.6. The molecule has 1 amide bonds. The number of carbonyl (C=O) groups excluding carboxylic acids is 2. The van der Waals surface area contributed by atoms with Crippen molar-refractivity contribution in [2.75, 3.05) is 98.8 Å². The number of nitro groups is 5. The van der Waals surface area contributed by atoms with E-state index in [0.717, 1.165) is 59.4 Å². The quantitative estimate of drug-likeness (QED) is 0.0126. The highest BCUT2D eigenvalue weighted by atomic mass is 36.0. The first-order valence-electron chi connectivity index (χ1n) is 39.0. The molecule has 6 fully saturated rings. The zero-order valence-corrected chi connectivity index (χ0v) is 79.3. The number of anilines is 4. The normalized spacial score (nSPS) is 19.8. The van der Waals surface area contributed by atoms with Gasteiger partial charge in [0.05, 0.1) is 109 Å². The van der Waals surface area contributed by atoms with E-state index in [1.165, 1.54) is 0 Å². The van der Waals surface area contributed by atoms with Gasteiger partial charge in [-0.05, 0) is 81.4 Å². The number of nitro benzene ring substituents is 5. The summed E-state index contributed by atoms with van der Waals surface area (Å²) in [6.45, 7) is -1.96. The van der Waals surface area contributed by atoms with Crippen LogP contribution in [0.4, 0.5) is 179 Å². The average Bonchev–Trinajstić information content (AvgIpc) is 1.71. The number of carboxylic acid groups (broad SMARTS) is 3. The topological polar surface area (TPSA) is 543 Å². The van der Waals surface area contributed by atoms with Crippen molar-refractivity contribution in [2.45, 2.75) is 168 Å². The fraction of sp³-hybridized carbons (Fsp3) is 0.527. The minimum Gasteiger partial charge on any atom is -0.480 e. The number of alkyl halides is 27. The predicted molar refractivity (Wildman–Crippen MR) is 452 cm³/mol. The summed E-state index contributed by atoms with van der Waals surface area (Å²) in [6.07, 6.45) is -29.5. The highest BCUT2D eigenvalue weighted by molar-refractivity contribution is 8.26. The summed E-state index contributed by atoms with van der Waals surface area (Å²) in [5.41, 5.74) is -16.1. The fourth-order valence-corrected chi connectivity index (χ4v) is 13.8. The molecule has 6 heterocycles. The molecule has 6 atom stereocenters. The van der Waals surface area contributed by atoms with Crippen LogP contribution in [0, 0.1) is 56.4 Å². The molecule has 147 heavy (non-hydrogen) atoms. The van der Waals surface area contributed by atoms with Gasteiger partial charge in [0.25, 0.3) is 74.1 Å². The Kier molecular flexibility index (Phi) is 45.5. The van der Waals surface area contributed by atoms with Gasteiger partial charge in [-0.25, -0.2) is 88.9 Å². The number of halogens is 31. The molecule has 0 saturated carbocycles. The molecule has 0 unspecified atom stereocenters. The Bertz CT molecular complexity index is 5780. The lowest BCUT2D eigenvalue weighted by molar-refractivity contribution is -0.388. The molecular formula is C74H76Cl3F28N11O28S3. The number of hydrogen-bond donors (Lipinski definition) is 6. The summed E-state index contributed by atoms with van der Waals surface area (Å²) in [4.78, 5) is 106. The number of nitrogens with zero attached hydrogens (tertiary/aromatic N) is 10. The van der Waals surface area contributed by atoms with Gasteiger partial charge in [-0.2, -0.15) is 74.3 Å². The number of rotatable bonds is 17. The molecule has 11 rings (SSSR count). The number of benzene rings is 5. The maximum atomic E-state index is 13.7. The van der Waals surface area contributed by atoms with E-state index in [-0.39, 0.29) is 23.1 Å². The largest absolute Gasteiger partial charge is 0.480 e. The number of aliphatic hydroxyl groups excluding tert-OH is 2. The highest BCUT2D eigenvalue weighted by Gasteiger charge is 2.56. The van der Waals surface area contributed by atoms with Crippen molar-refractivity contribution in [1.29, 1.82) is 0 Å². The van der Waals surface area contributed by atoms with Crippen LogP contribution in [-0.4, -0.2) is 263 Å². The van der Waals surface area contributed by atoms with Crippen molar-refractivity contribution in [3.05, 3.63) is 175 Å². The predicted octanol–water partition coefficient (Wildman–Crippen LogP) is 16.9. The van der Waals surface area contributed by atoms with Crippen molar-refractivity contribution in [3.8, 4) is 0 Å². The van der Waals surface area contributed by atoms with Crippen LogP contribution in [0.5, 0.6) is 0 Å². The second kappa shape index (κ2) is 51.0. The Hall–Kier alpha value is -11.8. The molecule has 0 bridgehead atoms. The average molecular weight is 2300 g/mol. The van der Waals surface area contributed by atoms with Gasteiger partial charge in [-0.3, -0.25) is 69.8 Å². The number of ether oxygens (including phenoxy) is 2. The number of amides is 1. The third kappa shape index (κ3) is 42.4. The summed E-state index contributed by atoms with van der Waals surface area (Å²) in [5, 5.41) is 97.2. The lowest BCUT2D eigenvalue weighted by Gasteiger charge is -2.26. The minimum absolute atomic E-state index is 0.0954. The number of methoxy groups -OCH3 is 1. The summed E-state index contributed by atoms with van der Waals surface area (Å²) < 4.78 is 427. The van der Waals surface area contributed by atoms with Crippen molar-refractivity contribution in [2.24, 2.45) is 0 Å². The van der Waals surface area contributed by atoms with Crippen LogP contribution in [0.1, 0.15) is 87.1 Å². The molecule has 830 valence electrons. The van der Waals surface area contributed by atoms with Crippen LogP contribution in [-0.2, 0) is 92.1 Å². The van der Waals surface area contributed by atoms with E-state index in [9.17, 15) is 214 Å². The first-order valence-corrected chi connectivity index (χ1v) is 46.4. The second-order valence-electron chi connectivity index (χ2n) is 31.6. The number of aliphatic hydroxyl groups is 2. The van der Waals surface area contributed by atoms with Crippen LogP contribution < -0.4 is 24.9 Å². The molecule has 0 aromatic heterocycles. The molecule has 5 aromatic carbocycles. The molecule has 6 saturated heterocycles. The van der Waals surface area contributed by atoms with Gasteiger partial charge in [-0.1, -0.05) is 0 Å². The number of aliphatic carboxylic acids is 3. The van der Waals surface area contributed by atoms with Gasteiger partial charge in [0.2, 0.25) is 18.3 Å². The highest BCUT2D eigenvalue weighted by Crippen LogP contribution is 2.49.